The molecule has 29 heavy (non-hydrogen) atoms. The van der Waals surface area contributed by atoms with E-state index in [1.807, 2.05) is 0 Å². The average molecular weight is 419 g/mol. The Balaban J connectivity index is 2.06. The van der Waals surface area contributed by atoms with Crippen LogP contribution in [0.5, 0.6) is 0 Å². The topological polar surface area (TPSA) is 97.0 Å². The standard InChI is InChI=1S/C17H15F6N5O/c18-16(19,20)8-1-2-11(12(5-8)17(21,22)23)14-13(3-4-24)26-15(28-27-14)25-9-6-10(29)7-9/h1-5,9-10,29H,6-7,24H2,(H,25,26,28)/b4-3-. The summed E-state index contributed by atoms with van der Waals surface area (Å²) in [6.45, 7) is 0. The second kappa shape index (κ2) is 7.50. The van der Waals surface area contributed by atoms with Gasteiger partial charge in [-0.05, 0) is 37.3 Å². The third-order valence-electron chi connectivity index (χ3n) is 4.32. The lowest BCUT2D eigenvalue weighted by molar-refractivity contribution is -0.142. The van der Waals surface area contributed by atoms with Gasteiger partial charge in [-0.1, -0.05) is 6.07 Å². The molecule has 2 aromatic rings. The summed E-state index contributed by atoms with van der Waals surface area (Å²) in [7, 11) is 0. The van der Waals surface area contributed by atoms with E-state index in [-0.39, 0.29) is 29.4 Å². The lowest BCUT2D eigenvalue weighted by Gasteiger charge is -2.31. The van der Waals surface area contributed by atoms with Crippen LogP contribution in [0.1, 0.15) is 29.7 Å². The number of aromatic nitrogens is 3. The molecular formula is C17H15F6N5O. The number of nitrogens with zero attached hydrogens (tertiary/aromatic N) is 3. The summed E-state index contributed by atoms with van der Waals surface area (Å²) in [4.78, 5) is 4.06. The van der Waals surface area contributed by atoms with E-state index in [9.17, 15) is 31.4 Å². The maximum atomic E-state index is 13.4. The summed E-state index contributed by atoms with van der Waals surface area (Å²) >= 11 is 0. The molecular weight excluding hydrogens is 404 g/mol. The second-order valence-corrected chi connectivity index (χ2v) is 6.45. The summed E-state index contributed by atoms with van der Waals surface area (Å²) in [5.41, 5.74) is 1.30. The number of nitrogens with one attached hydrogen (secondary N) is 1. The first-order chi connectivity index (χ1) is 13.5. The molecule has 1 aliphatic rings. The van der Waals surface area contributed by atoms with Gasteiger partial charge in [0.25, 0.3) is 0 Å². The van der Waals surface area contributed by atoms with Gasteiger partial charge < -0.3 is 16.2 Å². The average Bonchev–Trinajstić information content (AvgIpc) is 2.59. The van der Waals surface area contributed by atoms with Crippen molar-refractivity contribution in [1.82, 2.24) is 15.2 Å². The van der Waals surface area contributed by atoms with Crippen LogP contribution in [0.2, 0.25) is 0 Å². The Hall–Kier alpha value is -2.89. The molecule has 1 aromatic carbocycles. The second-order valence-electron chi connectivity index (χ2n) is 6.45. The highest BCUT2D eigenvalue weighted by atomic mass is 19.4. The summed E-state index contributed by atoms with van der Waals surface area (Å²) in [6, 6.07) is 1.11. The van der Waals surface area contributed by atoms with E-state index in [1.54, 1.807) is 0 Å². The zero-order valence-corrected chi connectivity index (χ0v) is 14.6. The van der Waals surface area contributed by atoms with Crippen LogP contribution in [0.25, 0.3) is 17.3 Å². The van der Waals surface area contributed by atoms with Crippen LogP contribution in [-0.2, 0) is 12.4 Å². The van der Waals surface area contributed by atoms with Crippen LogP contribution in [0.4, 0.5) is 32.3 Å². The highest BCUT2D eigenvalue weighted by Gasteiger charge is 2.39. The molecule has 0 spiro atoms. The Labute approximate surface area is 160 Å². The first-order valence-corrected chi connectivity index (χ1v) is 8.35. The molecule has 0 bridgehead atoms. The zero-order chi connectivity index (χ0) is 21.4. The number of hydrogen-bond donors (Lipinski definition) is 3. The number of alkyl halides is 6. The van der Waals surface area contributed by atoms with Crippen molar-refractivity contribution in [3.63, 3.8) is 0 Å². The Kier molecular flexibility index (Phi) is 5.39. The number of halogens is 6. The monoisotopic (exact) mass is 419 g/mol. The van der Waals surface area contributed by atoms with E-state index in [0.717, 1.165) is 6.20 Å². The maximum absolute atomic E-state index is 13.4. The number of aliphatic hydroxyl groups excluding tert-OH is 1. The van der Waals surface area contributed by atoms with Gasteiger partial charge >= 0.3 is 12.4 Å². The molecule has 156 valence electrons. The molecule has 1 aromatic heterocycles. The van der Waals surface area contributed by atoms with E-state index in [2.05, 4.69) is 20.5 Å². The van der Waals surface area contributed by atoms with Crippen LogP contribution < -0.4 is 11.1 Å². The molecule has 0 amide bonds. The number of hydrogen-bond acceptors (Lipinski definition) is 6. The van der Waals surface area contributed by atoms with Crippen LogP contribution in [0, 0.1) is 0 Å². The predicted molar refractivity (Wildman–Crippen MR) is 91.1 cm³/mol. The van der Waals surface area contributed by atoms with Crippen molar-refractivity contribution in [1.29, 1.82) is 0 Å². The summed E-state index contributed by atoms with van der Waals surface area (Å²) in [6.07, 6.45) is -7.38. The fourth-order valence-electron chi connectivity index (χ4n) is 2.85. The molecule has 12 heteroatoms. The molecule has 4 N–H and O–H groups in total. The van der Waals surface area contributed by atoms with E-state index in [4.69, 9.17) is 5.73 Å². The summed E-state index contributed by atoms with van der Waals surface area (Å²) in [5, 5.41) is 19.6. The third-order valence-corrected chi connectivity index (χ3v) is 4.32. The molecule has 1 saturated carbocycles. The summed E-state index contributed by atoms with van der Waals surface area (Å²) < 4.78 is 78.9. The SMILES string of the molecule is N/C=C\c1nc(NC2CC(O)C2)nnc1-c1ccc(C(F)(F)F)cc1C(F)(F)F. The highest BCUT2D eigenvalue weighted by molar-refractivity contribution is 5.73. The maximum Gasteiger partial charge on any atom is 0.417 e. The van der Waals surface area contributed by atoms with Crippen LogP contribution in [-0.4, -0.2) is 32.4 Å². The van der Waals surface area contributed by atoms with Gasteiger partial charge in [0.2, 0.25) is 5.95 Å². The van der Waals surface area contributed by atoms with E-state index in [1.165, 1.54) is 6.08 Å². The molecule has 6 nitrogen and oxygen atoms in total. The van der Waals surface area contributed by atoms with Crippen molar-refractivity contribution in [3.05, 3.63) is 41.2 Å². The fourth-order valence-corrected chi connectivity index (χ4v) is 2.85. The largest absolute Gasteiger partial charge is 0.417 e. The molecule has 0 saturated heterocycles. The van der Waals surface area contributed by atoms with Crippen LogP contribution in [0.3, 0.4) is 0 Å². The van der Waals surface area contributed by atoms with Crippen molar-refractivity contribution >= 4 is 12.0 Å². The number of rotatable bonds is 4. The van der Waals surface area contributed by atoms with Gasteiger partial charge in [0.05, 0.1) is 22.9 Å². The number of nitrogens with two attached hydrogens (primary N) is 1. The minimum atomic E-state index is -5.07. The van der Waals surface area contributed by atoms with Gasteiger partial charge in [-0.3, -0.25) is 0 Å². The minimum absolute atomic E-state index is 0.000722. The van der Waals surface area contributed by atoms with Gasteiger partial charge in [0.1, 0.15) is 5.69 Å². The molecule has 1 fully saturated rings. The lowest BCUT2D eigenvalue weighted by atomic mass is 9.90. The zero-order valence-electron chi connectivity index (χ0n) is 14.6. The van der Waals surface area contributed by atoms with Gasteiger partial charge in [0, 0.05) is 11.6 Å². The van der Waals surface area contributed by atoms with Crippen LogP contribution >= 0.6 is 0 Å². The lowest BCUT2D eigenvalue weighted by Crippen LogP contribution is -2.39. The number of aliphatic hydroxyl groups is 1. The molecule has 0 atom stereocenters. The number of benzene rings is 1. The Morgan fingerprint density at radius 2 is 1.76 bits per heavy atom. The van der Waals surface area contributed by atoms with Crippen molar-refractivity contribution in [2.24, 2.45) is 5.73 Å². The molecule has 3 rings (SSSR count). The molecule has 0 aliphatic heterocycles. The van der Waals surface area contributed by atoms with Crippen molar-refractivity contribution in [3.8, 4) is 11.3 Å². The van der Waals surface area contributed by atoms with Crippen LogP contribution in [0.15, 0.2) is 24.4 Å². The molecule has 0 radical (unpaired) electrons. The quantitative estimate of drug-likeness (QED) is 0.657. The Bertz CT molecular complexity index is 922. The molecule has 1 heterocycles. The Morgan fingerprint density at radius 3 is 2.31 bits per heavy atom. The molecule has 0 unspecified atom stereocenters. The molecule has 1 aliphatic carbocycles. The predicted octanol–water partition coefficient (Wildman–Crippen LogP) is 3.44. The van der Waals surface area contributed by atoms with Crippen molar-refractivity contribution in [2.75, 3.05) is 5.32 Å². The van der Waals surface area contributed by atoms with Gasteiger partial charge in [-0.15, -0.1) is 10.2 Å². The van der Waals surface area contributed by atoms with Gasteiger partial charge in [-0.2, -0.15) is 26.3 Å². The van der Waals surface area contributed by atoms with E-state index >= 15 is 0 Å². The van der Waals surface area contributed by atoms with Gasteiger partial charge in [-0.25, -0.2) is 4.98 Å². The highest BCUT2D eigenvalue weighted by Crippen LogP contribution is 2.41. The van der Waals surface area contributed by atoms with Crippen molar-refractivity contribution < 1.29 is 31.4 Å². The fraction of sp³-hybridized carbons (Fsp3) is 0.353. The van der Waals surface area contributed by atoms with E-state index < -0.39 is 35.1 Å². The first kappa shape index (κ1) is 20.8. The first-order valence-electron chi connectivity index (χ1n) is 8.35. The minimum Gasteiger partial charge on any atom is -0.405 e. The number of anilines is 1. The van der Waals surface area contributed by atoms with E-state index in [0.29, 0.717) is 25.0 Å². The third kappa shape index (κ3) is 4.58. The van der Waals surface area contributed by atoms with Crippen molar-refractivity contribution in [2.45, 2.75) is 37.3 Å². The smallest absolute Gasteiger partial charge is 0.405 e. The summed E-state index contributed by atoms with van der Waals surface area (Å²) in [5.74, 6) is -0.000722. The van der Waals surface area contributed by atoms with Gasteiger partial charge in [0.15, 0.2) is 0 Å². The Morgan fingerprint density at radius 1 is 1.07 bits per heavy atom. The normalized spacial score (nSPS) is 20.0.